The Labute approximate surface area is 225 Å². The Morgan fingerprint density at radius 3 is 2.51 bits per heavy atom. The lowest BCUT2D eigenvalue weighted by molar-refractivity contribution is 0.0326. The van der Waals surface area contributed by atoms with E-state index in [1.165, 1.54) is 11.1 Å². The molecular formula is C31H29N5O3. The molecule has 0 bridgehead atoms. The van der Waals surface area contributed by atoms with Crippen molar-refractivity contribution < 1.29 is 9.53 Å². The Kier molecular flexibility index (Phi) is 5.77. The number of carbonyl (C=O) groups is 1. The molecule has 1 amide bonds. The molecule has 0 spiro atoms. The minimum Gasteiger partial charge on any atom is -0.373 e. The topological polar surface area (TPSA) is 92.6 Å². The Bertz CT molecular complexity index is 1750. The van der Waals surface area contributed by atoms with Crippen LogP contribution in [0.5, 0.6) is 0 Å². The minimum absolute atomic E-state index is 0.00862. The van der Waals surface area contributed by atoms with Crippen LogP contribution in [-0.2, 0) is 24.4 Å². The zero-order valence-corrected chi connectivity index (χ0v) is 21.8. The van der Waals surface area contributed by atoms with E-state index >= 15 is 0 Å². The van der Waals surface area contributed by atoms with Crippen molar-refractivity contribution in [2.75, 3.05) is 0 Å². The van der Waals surface area contributed by atoms with E-state index in [-0.39, 0.29) is 29.1 Å². The first-order chi connectivity index (χ1) is 19.1. The average Bonchev–Trinajstić information content (AvgIpc) is 3.70. The first kappa shape index (κ1) is 23.8. The average molecular weight is 520 g/mol. The number of nitrogens with zero attached hydrogens (tertiary/aromatic N) is 4. The van der Waals surface area contributed by atoms with E-state index in [1.807, 2.05) is 52.6 Å². The molecule has 0 unspecified atom stereocenters. The Morgan fingerprint density at radius 2 is 1.74 bits per heavy atom. The van der Waals surface area contributed by atoms with Crippen LogP contribution in [0.3, 0.4) is 0 Å². The molecule has 7 rings (SSSR count). The van der Waals surface area contributed by atoms with Gasteiger partial charge in [0.1, 0.15) is 5.82 Å². The molecule has 39 heavy (non-hydrogen) atoms. The van der Waals surface area contributed by atoms with Gasteiger partial charge in [0.15, 0.2) is 0 Å². The van der Waals surface area contributed by atoms with E-state index in [0.717, 1.165) is 41.7 Å². The highest BCUT2D eigenvalue weighted by molar-refractivity contribution is 5.99. The Morgan fingerprint density at radius 1 is 1.00 bits per heavy atom. The van der Waals surface area contributed by atoms with E-state index in [0.29, 0.717) is 30.8 Å². The van der Waals surface area contributed by atoms with Crippen molar-refractivity contribution in [3.63, 3.8) is 0 Å². The van der Waals surface area contributed by atoms with Gasteiger partial charge in [-0.05, 0) is 54.2 Å². The van der Waals surface area contributed by atoms with Crippen LogP contribution in [0.4, 0.5) is 0 Å². The van der Waals surface area contributed by atoms with E-state index in [1.54, 1.807) is 6.07 Å². The number of ether oxygens (including phenoxy) is 1. The molecule has 2 atom stereocenters. The third-order valence-corrected chi connectivity index (χ3v) is 8.17. The van der Waals surface area contributed by atoms with Crippen molar-refractivity contribution >= 4 is 22.6 Å². The number of hydrogen-bond donors (Lipinski definition) is 1. The van der Waals surface area contributed by atoms with Crippen molar-refractivity contribution in [2.45, 2.75) is 57.9 Å². The summed E-state index contributed by atoms with van der Waals surface area (Å²) in [5.74, 6) is 0.726. The van der Waals surface area contributed by atoms with Crippen molar-refractivity contribution in [2.24, 2.45) is 0 Å². The van der Waals surface area contributed by atoms with Crippen molar-refractivity contribution in [1.29, 1.82) is 0 Å². The number of aromatic amines is 1. The van der Waals surface area contributed by atoms with E-state index < -0.39 is 0 Å². The van der Waals surface area contributed by atoms with Gasteiger partial charge in [0.05, 0.1) is 23.7 Å². The highest BCUT2D eigenvalue weighted by Gasteiger charge is 2.34. The second-order valence-electron chi connectivity index (χ2n) is 10.7. The molecule has 0 radical (unpaired) electrons. The third kappa shape index (κ3) is 4.12. The van der Waals surface area contributed by atoms with Gasteiger partial charge in [0.25, 0.3) is 11.5 Å². The third-order valence-electron chi connectivity index (χ3n) is 8.17. The molecule has 1 saturated carbocycles. The van der Waals surface area contributed by atoms with Crippen molar-refractivity contribution in [3.05, 3.63) is 111 Å². The minimum atomic E-state index is -0.322. The molecular weight excluding hydrogens is 490 g/mol. The molecule has 1 fully saturated rings. The molecule has 1 aliphatic heterocycles. The number of benzene rings is 3. The quantitative estimate of drug-likeness (QED) is 0.357. The Hall–Kier alpha value is -4.30. The number of aromatic nitrogens is 4. The lowest BCUT2D eigenvalue weighted by Crippen LogP contribution is -2.26. The molecule has 8 nitrogen and oxygen atoms in total. The highest BCUT2D eigenvalue weighted by Crippen LogP contribution is 2.37. The van der Waals surface area contributed by atoms with Crippen LogP contribution in [-0.4, -0.2) is 36.5 Å². The van der Waals surface area contributed by atoms with Crippen LogP contribution in [0.2, 0.25) is 0 Å². The van der Waals surface area contributed by atoms with Gasteiger partial charge in [-0.3, -0.25) is 14.0 Å². The summed E-state index contributed by atoms with van der Waals surface area (Å²) in [6, 6.07) is 22.1. The molecule has 5 aromatic rings. The molecule has 8 heteroatoms. The summed E-state index contributed by atoms with van der Waals surface area (Å²) in [6.07, 6.45) is 2.87. The monoisotopic (exact) mass is 519 g/mol. The normalized spacial score (nSPS) is 18.7. The zero-order chi connectivity index (χ0) is 26.5. The number of hydrogen-bond acceptors (Lipinski definition) is 5. The largest absolute Gasteiger partial charge is 0.373 e. The predicted molar refractivity (Wildman–Crippen MR) is 147 cm³/mol. The molecule has 0 saturated heterocycles. The van der Waals surface area contributed by atoms with E-state index in [2.05, 4.69) is 39.4 Å². The fourth-order valence-corrected chi connectivity index (χ4v) is 6.15. The van der Waals surface area contributed by atoms with Crippen LogP contribution < -0.4 is 5.56 Å². The molecule has 2 aromatic heterocycles. The number of nitrogens with one attached hydrogen (secondary N) is 1. The number of H-pyrrole nitrogens is 1. The predicted octanol–water partition coefficient (Wildman–Crippen LogP) is 4.89. The van der Waals surface area contributed by atoms with E-state index in [4.69, 9.17) is 4.74 Å². The summed E-state index contributed by atoms with van der Waals surface area (Å²) in [6.45, 7) is 3.65. The number of rotatable bonds is 5. The van der Waals surface area contributed by atoms with Crippen molar-refractivity contribution in [1.82, 2.24) is 24.5 Å². The van der Waals surface area contributed by atoms with Gasteiger partial charge in [0, 0.05) is 24.6 Å². The van der Waals surface area contributed by atoms with Gasteiger partial charge in [0.2, 0.25) is 5.65 Å². The molecule has 3 aromatic carbocycles. The van der Waals surface area contributed by atoms with Crippen LogP contribution in [0.25, 0.3) is 16.7 Å². The first-order valence-electron chi connectivity index (χ1n) is 13.5. The zero-order valence-electron chi connectivity index (χ0n) is 21.8. The summed E-state index contributed by atoms with van der Waals surface area (Å²) in [4.78, 5) is 31.4. The molecule has 2 aliphatic rings. The number of amides is 1. The lowest BCUT2D eigenvalue weighted by Gasteiger charge is -2.20. The second-order valence-corrected chi connectivity index (χ2v) is 10.7. The summed E-state index contributed by atoms with van der Waals surface area (Å²) < 4.78 is 8.23. The number of fused-ring (bicyclic) bond motifs is 4. The van der Waals surface area contributed by atoms with Gasteiger partial charge < -0.3 is 14.6 Å². The van der Waals surface area contributed by atoms with Crippen LogP contribution in [0.1, 0.15) is 63.6 Å². The van der Waals surface area contributed by atoms with Gasteiger partial charge in [-0.25, -0.2) is 0 Å². The second kappa shape index (κ2) is 9.47. The van der Waals surface area contributed by atoms with Crippen LogP contribution in [0, 0.1) is 6.92 Å². The first-order valence-corrected chi connectivity index (χ1v) is 13.5. The van der Waals surface area contributed by atoms with Gasteiger partial charge in [-0.1, -0.05) is 61.0 Å². The smallest absolute Gasteiger partial charge is 0.294 e. The molecule has 1 N–H and O–H groups in total. The van der Waals surface area contributed by atoms with E-state index in [9.17, 15) is 9.59 Å². The summed E-state index contributed by atoms with van der Waals surface area (Å²) >= 11 is 0. The maximum atomic E-state index is 13.6. The number of aryl methyl sites for hydroxylation is 1. The standard InChI is InChI=1S/C31H29N5O3/c1-19-14-26-25(15-24(19)31(38)35-16-21-10-5-6-11-22(21)17-35)32-30(37)29-34-33-28(36(26)29)23-12-7-13-27(23)39-18-20-8-3-2-4-9-20/h2-6,8-11,14-15,23,27H,7,12-13,16-18H2,1H3,(H,32,37)/t23-,27+/m0/s1. The summed E-state index contributed by atoms with van der Waals surface area (Å²) in [5, 5.41) is 8.78. The maximum Gasteiger partial charge on any atom is 0.294 e. The molecule has 196 valence electrons. The summed E-state index contributed by atoms with van der Waals surface area (Å²) in [7, 11) is 0. The fraction of sp³-hybridized carbons (Fsp3) is 0.290. The van der Waals surface area contributed by atoms with Gasteiger partial charge in [-0.2, -0.15) is 0 Å². The summed E-state index contributed by atoms with van der Waals surface area (Å²) in [5.41, 5.74) is 6.24. The fourth-order valence-electron chi connectivity index (χ4n) is 6.15. The molecule has 1 aliphatic carbocycles. The maximum absolute atomic E-state index is 13.6. The van der Waals surface area contributed by atoms with Gasteiger partial charge >= 0.3 is 0 Å². The van der Waals surface area contributed by atoms with Crippen molar-refractivity contribution in [3.8, 4) is 0 Å². The van der Waals surface area contributed by atoms with Crippen LogP contribution in [0.15, 0.2) is 71.5 Å². The lowest BCUT2D eigenvalue weighted by atomic mass is 10.0. The SMILES string of the molecule is Cc1cc2c(cc1C(=O)N1Cc3ccccc3C1)[nH]c(=O)c1nnc([C@H]3CCC[C@H]3OCc3ccccc3)n12. The Balaban J connectivity index is 1.24. The number of carbonyl (C=O) groups excluding carboxylic acids is 1. The highest BCUT2D eigenvalue weighted by atomic mass is 16.5. The molecule has 3 heterocycles. The van der Waals surface area contributed by atoms with Gasteiger partial charge in [-0.15, -0.1) is 10.2 Å². The van der Waals surface area contributed by atoms with Crippen LogP contribution >= 0.6 is 0 Å².